The van der Waals surface area contributed by atoms with E-state index in [9.17, 15) is 4.39 Å². The van der Waals surface area contributed by atoms with Gasteiger partial charge in [0.25, 0.3) is 0 Å². The summed E-state index contributed by atoms with van der Waals surface area (Å²) in [4.78, 5) is 10.7. The second-order valence-corrected chi connectivity index (χ2v) is 5.86. The van der Waals surface area contributed by atoms with Crippen molar-refractivity contribution in [3.05, 3.63) is 54.0 Å². The van der Waals surface area contributed by atoms with Gasteiger partial charge in [0.1, 0.15) is 17.2 Å². The van der Waals surface area contributed by atoms with Crippen molar-refractivity contribution in [3.8, 4) is 0 Å². The second-order valence-electron chi connectivity index (χ2n) is 5.86. The number of benzene rings is 1. The topological polar surface area (TPSA) is 34.0 Å². The standard InChI is InChI=1S/C18H21FN4/c1-13-12-17(15-6-4-7-16(19)18(15)21-13)22(3)9-5-10-23-11-8-20-14(23)2/h4,6-8,11-12H,5,9-10H2,1-3H3. The van der Waals surface area contributed by atoms with Crippen molar-refractivity contribution in [1.82, 2.24) is 14.5 Å². The number of halogens is 1. The molecule has 0 unspecified atom stereocenters. The minimum absolute atomic E-state index is 0.269. The van der Waals surface area contributed by atoms with Gasteiger partial charge < -0.3 is 9.47 Å². The molecule has 0 saturated heterocycles. The molecular formula is C18H21FN4. The number of imidazole rings is 1. The zero-order valence-electron chi connectivity index (χ0n) is 13.8. The Hall–Kier alpha value is -2.43. The zero-order chi connectivity index (χ0) is 16.4. The minimum atomic E-state index is -0.269. The first-order chi connectivity index (χ1) is 11.1. The van der Waals surface area contributed by atoms with E-state index in [1.165, 1.54) is 6.07 Å². The number of aromatic nitrogens is 3. The molecule has 0 saturated carbocycles. The van der Waals surface area contributed by atoms with Gasteiger partial charge in [-0.15, -0.1) is 0 Å². The van der Waals surface area contributed by atoms with Crippen molar-refractivity contribution in [2.45, 2.75) is 26.8 Å². The highest BCUT2D eigenvalue weighted by Crippen LogP contribution is 2.27. The molecule has 3 rings (SSSR count). The predicted octanol–water partition coefficient (Wildman–Crippen LogP) is 3.71. The number of anilines is 1. The van der Waals surface area contributed by atoms with Crippen LogP contribution in [0.4, 0.5) is 10.1 Å². The number of nitrogens with zero attached hydrogens (tertiary/aromatic N) is 4. The van der Waals surface area contributed by atoms with Crippen molar-refractivity contribution < 1.29 is 4.39 Å². The summed E-state index contributed by atoms with van der Waals surface area (Å²) in [6.45, 7) is 5.71. The molecule has 0 spiro atoms. The molecule has 0 fully saturated rings. The number of fused-ring (bicyclic) bond motifs is 1. The summed E-state index contributed by atoms with van der Waals surface area (Å²) in [6.07, 6.45) is 4.81. The Morgan fingerprint density at radius 1 is 1.26 bits per heavy atom. The van der Waals surface area contributed by atoms with Crippen LogP contribution in [0.3, 0.4) is 0 Å². The van der Waals surface area contributed by atoms with Crippen LogP contribution in [0.25, 0.3) is 10.9 Å². The number of hydrogen-bond acceptors (Lipinski definition) is 3. The van der Waals surface area contributed by atoms with Gasteiger partial charge in [0.2, 0.25) is 0 Å². The summed E-state index contributed by atoms with van der Waals surface area (Å²) in [5, 5.41) is 0.858. The zero-order valence-corrected chi connectivity index (χ0v) is 13.8. The van der Waals surface area contributed by atoms with Gasteiger partial charge in [0.05, 0.1) is 0 Å². The molecule has 1 aromatic carbocycles. The fraction of sp³-hybridized carbons (Fsp3) is 0.333. The number of rotatable bonds is 5. The van der Waals surface area contributed by atoms with Crippen molar-refractivity contribution in [2.24, 2.45) is 0 Å². The van der Waals surface area contributed by atoms with Crippen molar-refractivity contribution in [3.63, 3.8) is 0 Å². The highest BCUT2D eigenvalue weighted by atomic mass is 19.1. The molecule has 2 heterocycles. The van der Waals surface area contributed by atoms with Gasteiger partial charge in [-0.3, -0.25) is 0 Å². The summed E-state index contributed by atoms with van der Waals surface area (Å²) in [7, 11) is 2.04. The average molecular weight is 312 g/mol. The molecule has 4 nitrogen and oxygen atoms in total. The van der Waals surface area contributed by atoms with E-state index in [0.29, 0.717) is 5.52 Å². The Morgan fingerprint density at radius 2 is 2.09 bits per heavy atom. The summed E-state index contributed by atoms with van der Waals surface area (Å²) in [6, 6.07) is 7.14. The molecule has 120 valence electrons. The quantitative estimate of drug-likeness (QED) is 0.720. The molecule has 0 atom stereocenters. The van der Waals surface area contributed by atoms with E-state index in [4.69, 9.17) is 0 Å². The van der Waals surface area contributed by atoms with E-state index < -0.39 is 0 Å². The predicted molar refractivity (Wildman–Crippen MR) is 91.3 cm³/mol. The fourth-order valence-electron chi connectivity index (χ4n) is 2.87. The van der Waals surface area contributed by atoms with Crippen LogP contribution in [-0.2, 0) is 6.54 Å². The number of hydrogen-bond donors (Lipinski definition) is 0. The van der Waals surface area contributed by atoms with E-state index in [-0.39, 0.29) is 5.82 Å². The van der Waals surface area contributed by atoms with Crippen LogP contribution in [0.2, 0.25) is 0 Å². The van der Waals surface area contributed by atoms with Gasteiger partial charge in [-0.05, 0) is 32.4 Å². The second kappa shape index (κ2) is 6.36. The SMILES string of the molecule is Cc1cc(N(C)CCCn2ccnc2C)c2cccc(F)c2n1. The molecule has 3 aromatic rings. The van der Waals surface area contributed by atoms with Crippen LogP contribution in [0.5, 0.6) is 0 Å². The maximum absolute atomic E-state index is 14.0. The number of aryl methyl sites for hydroxylation is 3. The molecule has 0 aliphatic rings. The first-order valence-electron chi connectivity index (χ1n) is 7.81. The first kappa shape index (κ1) is 15.5. The lowest BCUT2D eigenvalue weighted by Crippen LogP contribution is -2.20. The maximum Gasteiger partial charge on any atom is 0.149 e. The maximum atomic E-state index is 14.0. The average Bonchev–Trinajstić information content (AvgIpc) is 2.93. The summed E-state index contributed by atoms with van der Waals surface area (Å²) in [5.74, 6) is 0.759. The van der Waals surface area contributed by atoms with Crippen LogP contribution >= 0.6 is 0 Å². The van der Waals surface area contributed by atoms with Gasteiger partial charge in [0.15, 0.2) is 0 Å². The van der Waals surface area contributed by atoms with Crippen molar-refractivity contribution in [1.29, 1.82) is 0 Å². The highest BCUT2D eigenvalue weighted by molar-refractivity contribution is 5.92. The first-order valence-corrected chi connectivity index (χ1v) is 7.81. The molecular weight excluding hydrogens is 291 g/mol. The van der Waals surface area contributed by atoms with Gasteiger partial charge in [-0.1, -0.05) is 12.1 Å². The summed E-state index contributed by atoms with van der Waals surface area (Å²) < 4.78 is 16.1. The molecule has 0 radical (unpaired) electrons. The summed E-state index contributed by atoms with van der Waals surface area (Å²) >= 11 is 0. The minimum Gasteiger partial charge on any atom is -0.374 e. The highest BCUT2D eigenvalue weighted by Gasteiger charge is 2.11. The normalized spacial score (nSPS) is 11.1. The Bertz CT molecular complexity index is 825. The molecule has 0 bridgehead atoms. The van der Waals surface area contributed by atoms with Crippen LogP contribution < -0.4 is 4.90 Å². The fourth-order valence-corrected chi connectivity index (χ4v) is 2.87. The van der Waals surface area contributed by atoms with Gasteiger partial charge in [-0.2, -0.15) is 0 Å². The molecule has 0 N–H and O–H groups in total. The number of para-hydroxylation sites is 1. The van der Waals surface area contributed by atoms with Crippen LogP contribution in [0, 0.1) is 19.7 Å². The Kier molecular flexibility index (Phi) is 4.28. The van der Waals surface area contributed by atoms with Gasteiger partial charge in [-0.25, -0.2) is 14.4 Å². The molecule has 5 heteroatoms. The largest absolute Gasteiger partial charge is 0.374 e. The van der Waals surface area contributed by atoms with Gasteiger partial charge >= 0.3 is 0 Å². The molecule has 0 aliphatic heterocycles. The van der Waals surface area contributed by atoms with Crippen LogP contribution in [0.15, 0.2) is 36.7 Å². The molecule has 23 heavy (non-hydrogen) atoms. The van der Waals surface area contributed by atoms with Crippen LogP contribution in [-0.4, -0.2) is 28.1 Å². The van der Waals surface area contributed by atoms with E-state index in [0.717, 1.165) is 42.1 Å². The van der Waals surface area contributed by atoms with Crippen LogP contribution in [0.1, 0.15) is 17.9 Å². The van der Waals surface area contributed by atoms with Crippen molar-refractivity contribution in [2.75, 3.05) is 18.5 Å². The molecule has 2 aromatic heterocycles. The van der Waals surface area contributed by atoms with E-state index in [1.54, 1.807) is 6.07 Å². The monoisotopic (exact) mass is 312 g/mol. The van der Waals surface area contributed by atoms with Crippen molar-refractivity contribution >= 4 is 16.6 Å². The van der Waals surface area contributed by atoms with Gasteiger partial charge in [0, 0.05) is 49.3 Å². The Balaban J connectivity index is 1.79. The third-order valence-corrected chi connectivity index (χ3v) is 4.12. The lowest BCUT2D eigenvalue weighted by Gasteiger charge is -2.22. The molecule has 0 aliphatic carbocycles. The van der Waals surface area contributed by atoms with E-state index in [1.807, 2.05) is 45.4 Å². The lowest BCUT2D eigenvalue weighted by atomic mass is 10.1. The van der Waals surface area contributed by atoms with E-state index in [2.05, 4.69) is 19.4 Å². The Morgan fingerprint density at radius 3 is 2.83 bits per heavy atom. The molecule has 0 amide bonds. The third-order valence-electron chi connectivity index (χ3n) is 4.12. The summed E-state index contributed by atoms with van der Waals surface area (Å²) in [5.41, 5.74) is 2.30. The number of pyridine rings is 1. The smallest absolute Gasteiger partial charge is 0.149 e. The Labute approximate surface area is 135 Å². The van der Waals surface area contributed by atoms with E-state index >= 15 is 0 Å². The third kappa shape index (κ3) is 3.18. The lowest BCUT2D eigenvalue weighted by molar-refractivity contribution is 0.622.